The molecule has 0 aliphatic heterocycles. The Bertz CT molecular complexity index is 730. The van der Waals surface area contributed by atoms with E-state index in [9.17, 15) is 8.42 Å². The maximum Gasteiger partial charge on any atom is 0.242 e. The lowest BCUT2D eigenvalue weighted by Gasteiger charge is -2.17. The molecule has 0 fully saturated rings. The molecule has 0 aromatic heterocycles. The molecule has 0 spiro atoms. The van der Waals surface area contributed by atoms with Crippen molar-refractivity contribution in [2.45, 2.75) is 4.90 Å². The zero-order chi connectivity index (χ0) is 16.9. The molecular weight excluding hydrogens is 338 g/mol. The molecule has 0 bridgehead atoms. The largest absolute Gasteiger partial charge is 0.497 e. The lowest BCUT2D eigenvalue weighted by atomic mass is 10.3. The third kappa shape index (κ3) is 4.60. The Morgan fingerprint density at radius 3 is 2.13 bits per heavy atom. The van der Waals surface area contributed by atoms with E-state index in [1.807, 2.05) is 0 Å². The molecule has 23 heavy (non-hydrogen) atoms. The summed E-state index contributed by atoms with van der Waals surface area (Å²) in [5.41, 5.74) is 0. The average Bonchev–Trinajstić information content (AvgIpc) is 2.55. The molecule has 5 nitrogen and oxygen atoms in total. The molecule has 2 aromatic rings. The number of hydrogen-bond donors (Lipinski definition) is 0. The second-order valence-corrected chi connectivity index (χ2v) is 7.29. The van der Waals surface area contributed by atoms with E-state index in [2.05, 4.69) is 0 Å². The SMILES string of the molecule is COc1ccc(OCCN(C)S(=O)(=O)c2ccc(Cl)cc2)cc1. The van der Waals surface area contributed by atoms with Crippen LogP contribution in [0.5, 0.6) is 11.5 Å². The van der Waals surface area contributed by atoms with Gasteiger partial charge in [0.05, 0.1) is 12.0 Å². The molecule has 0 saturated carbocycles. The number of halogens is 1. The molecule has 2 rings (SSSR count). The second kappa shape index (κ2) is 7.68. The molecule has 7 heteroatoms. The van der Waals surface area contributed by atoms with E-state index in [0.29, 0.717) is 10.8 Å². The van der Waals surface area contributed by atoms with Gasteiger partial charge < -0.3 is 9.47 Å². The molecule has 0 saturated heterocycles. The van der Waals surface area contributed by atoms with Crippen molar-refractivity contribution in [1.29, 1.82) is 0 Å². The minimum atomic E-state index is -3.55. The molecule has 0 aliphatic rings. The normalized spacial score (nSPS) is 11.5. The van der Waals surface area contributed by atoms with E-state index in [1.54, 1.807) is 43.5 Å². The Labute approximate surface area is 141 Å². The van der Waals surface area contributed by atoms with Crippen molar-refractivity contribution in [3.05, 3.63) is 53.6 Å². The van der Waals surface area contributed by atoms with E-state index in [-0.39, 0.29) is 18.0 Å². The van der Waals surface area contributed by atoms with Crippen LogP contribution in [0.3, 0.4) is 0 Å². The van der Waals surface area contributed by atoms with Crippen molar-refractivity contribution in [2.24, 2.45) is 0 Å². The monoisotopic (exact) mass is 355 g/mol. The summed E-state index contributed by atoms with van der Waals surface area (Å²) in [6, 6.07) is 13.2. The van der Waals surface area contributed by atoms with Gasteiger partial charge in [0.2, 0.25) is 10.0 Å². The first-order valence-corrected chi connectivity index (χ1v) is 8.74. The van der Waals surface area contributed by atoms with Gasteiger partial charge >= 0.3 is 0 Å². The Hall–Kier alpha value is -1.76. The number of benzene rings is 2. The number of methoxy groups -OCH3 is 1. The minimum Gasteiger partial charge on any atom is -0.497 e. The molecule has 0 atom stereocenters. The predicted octanol–water partition coefficient (Wildman–Crippen LogP) is 3.05. The summed E-state index contributed by atoms with van der Waals surface area (Å²) in [6.45, 7) is 0.479. The third-order valence-electron chi connectivity index (χ3n) is 3.26. The topological polar surface area (TPSA) is 55.8 Å². The lowest BCUT2D eigenvalue weighted by Crippen LogP contribution is -2.31. The van der Waals surface area contributed by atoms with Crippen LogP contribution >= 0.6 is 11.6 Å². The summed E-state index contributed by atoms with van der Waals surface area (Å²) in [6.07, 6.45) is 0. The van der Waals surface area contributed by atoms with Gasteiger partial charge in [0.1, 0.15) is 18.1 Å². The molecule has 0 unspecified atom stereocenters. The standard InChI is InChI=1S/C16H18ClNO4S/c1-18(23(19,20)16-9-3-13(17)4-10-16)11-12-22-15-7-5-14(21-2)6-8-15/h3-10H,11-12H2,1-2H3. The molecular formula is C16H18ClNO4S. The van der Waals surface area contributed by atoms with Gasteiger partial charge in [0.25, 0.3) is 0 Å². The highest BCUT2D eigenvalue weighted by atomic mass is 35.5. The first kappa shape index (κ1) is 17.6. The predicted molar refractivity (Wildman–Crippen MR) is 89.8 cm³/mol. The summed E-state index contributed by atoms with van der Waals surface area (Å²) < 4.78 is 36.6. The van der Waals surface area contributed by atoms with Crippen molar-refractivity contribution >= 4 is 21.6 Å². The first-order chi connectivity index (χ1) is 10.9. The quantitative estimate of drug-likeness (QED) is 0.766. The Morgan fingerprint density at radius 2 is 1.57 bits per heavy atom. The van der Waals surface area contributed by atoms with E-state index in [1.165, 1.54) is 23.5 Å². The summed E-state index contributed by atoms with van der Waals surface area (Å²) >= 11 is 5.78. The van der Waals surface area contributed by atoms with E-state index in [4.69, 9.17) is 21.1 Å². The Balaban J connectivity index is 1.92. The molecule has 0 radical (unpaired) electrons. The van der Waals surface area contributed by atoms with Crippen LogP contribution in [0.4, 0.5) is 0 Å². The van der Waals surface area contributed by atoms with Gasteiger partial charge in [-0.25, -0.2) is 8.42 Å². The first-order valence-electron chi connectivity index (χ1n) is 6.92. The number of sulfonamides is 1. The zero-order valence-electron chi connectivity index (χ0n) is 12.9. The van der Waals surface area contributed by atoms with Crippen LogP contribution in [-0.2, 0) is 10.0 Å². The van der Waals surface area contributed by atoms with Crippen LogP contribution in [0.2, 0.25) is 5.02 Å². The Morgan fingerprint density at radius 1 is 1.00 bits per heavy atom. The van der Waals surface area contributed by atoms with Crippen LogP contribution < -0.4 is 9.47 Å². The molecule has 0 heterocycles. The zero-order valence-corrected chi connectivity index (χ0v) is 14.5. The Kier molecular flexibility index (Phi) is 5.87. The van der Waals surface area contributed by atoms with Gasteiger partial charge in [0.15, 0.2) is 0 Å². The van der Waals surface area contributed by atoms with E-state index in [0.717, 1.165) is 5.75 Å². The third-order valence-corrected chi connectivity index (χ3v) is 5.38. The fourth-order valence-corrected chi connectivity index (χ4v) is 3.15. The molecule has 0 N–H and O–H groups in total. The van der Waals surface area contributed by atoms with Crippen molar-refractivity contribution in [2.75, 3.05) is 27.3 Å². The minimum absolute atomic E-state index is 0.203. The van der Waals surface area contributed by atoms with Gasteiger partial charge in [-0.15, -0.1) is 0 Å². The second-order valence-electron chi connectivity index (χ2n) is 4.80. The van der Waals surface area contributed by atoms with Crippen molar-refractivity contribution in [3.63, 3.8) is 0 Å². The van der Waals surface area contributed by atoms with Gasteiger partial charge in [-0.2, -0.15) is 4.31 Å². The number of likely N-dealkylation sites (N-methyl/N-ethyl adjacent to an activating group) is 1. The highest BCUT2D eigenvalue weighted by molar-refractivity contribution is 7.89. The molecule has 2 aromatic carbocycles. The molecule has 0 amide bonds. The van der Waals surface area contributed by atoms with Gasteiger partial charge in [0, 0.05) is 18.6 Å². The van der Waals surface area contributed by atoms with Crippen molar-refractivity contribution < 1.29 is 17.9 Å². The van der Waals surface area contributed by atoms with Crippen LogP contribution in [0.15, 0.2) is 53.4 Å². The van der Waals surface area contributed by atoms with Gasteiger partial charge in [-0.05, 0) is 48.5 Å². The number of rotatable bonds is 7. The summed E-state index contributed by atoms with van der Waals surface area (Å²) in [5, 5.41) is 0.495. The van der Waals surface area contributed by atoms with Crippen LogP contribution in [-0.4, -0.2) is 40.0 Å². The smallest absolute Gasteiger partial charge is 0.242 e. The fourth-order valence-electron chi connectivity index (χ4n) is 1.87. The van der Waals surface area contributed by atoms with Gasteiger partial charge in [-0.1, -0.05) is 11.6 Å². The average molecular weight is 356 g/mol. The molecule has 0 aliphatic carbocycles. The van der Waals surface area contributed by atoms with Crippen LogP contribution in [0.1, 0.15) is 0 Å². The fraction of sp³-hybridized carbons (Fsp3) is 0.250. The van der Waals surface area contributed by atoms with Crippen LogP contribution in [0.25, 0.3) is 0 Å². The highest BCUT2D eigenvalue weighted by Gasteiger charge is 2.20. The van der Waals surface area contributed by atoms with Crippen LogP contribution in [0, 0.1) is 0 Å². The van der Waals surface area contributed by atoms with Gasteiger partial charge in [-0.3, -0.25) is 0 Å². The highest BCUT2D eigenvalue weighted by Crippen LogP contribution is 2.19. The van der Waals surface area contributed by atoms with Crippen molar-refractivity contribution in [1.82, 2.24) is 4.31 Å². The van der Waals surface area contributed by atoms with E-state index >= 15 is 0 Å². The van der Waals surface area contributed by atoms with E-state index < -0.39 is 10.0 Å². The maximum atomic E-state index is 12.4. The number of ether oxygens (including phenoxy) is 2. The number of hydrogen-bond acceptors (Lipinski definition) is 4. The summed E-state index contributed by atoms with van der Waals surface area (Å²) in [7, 11) is -0.441. The van der Waals surface area contributed by atoms with Crippen molar-refractivity contribution in [3.8, 4) is 11.5 Å². The molecule has 124 valence electrons. The summed E-state index contributed by atoms with van der Waals surface area (Å²) in [5.74, 6) is 1.39. The number of nitrogens with zero attached hydrogens (tertiary/aromatic N) is 1. The summed E-state index contributed by atoms with van der Waals surface area (Å²) in [4.78, 5) is 0.203. The maximum absolute atomic E-state index is 12.4. The lowest BCUT2D eigenvalue weighted by molar-refractivity contribution is 0.286.